The Kier molecular flexibility index (Phi) is 4.16. The van der Waals surface area contributed by atoms with Gasteiger partial charge in [-0.3, -0.25) is 14.9 Å². The Labute approximate surface area is 159 Å². The third-order valence-corrected chi connectivity index (χ3v) is 5.58. The predicted octanol–water partition coefficient (Wildman–Crippen LogP) is 4.73. The molecule has 0 atom stereocenters. The molecule has 0 aliphatic carbocycles. The molecule has 0 bridgehead atoms. The summed E-state index contributed by atoms with van der Waals surface area (Å²) in [7, 11) is 0. The molecule has 1 aromatic heterocycles. The van der Waals surface area contributed by atoms with Gasteiger partial charge in [0.05, 0.1) is 21.2 Å². The van der Waals surface area contributed by atoms with Gasteiger partial charge in [0.1, 0.15) is 0 Å². The molecule has 3 aromatic rings. The normalized spacial score (nSPS) is 14.6. The summed E-state index contributed by atoms with van der Waals surface area (Å²) < 4.78 is 1.67. The highest BCUT2D eigenvalue weighted by atomic mass is 32.2. The fourth-order valence-corrected chi connectivity index (χ4v) is 4.15. The molecule has 0 amide bonds. The van der Waals surface area contributed by atoms with Crippen LogP contribution in [0.3, 0.4) is 0 Å². The monoisotopic (exact) mass is 377 g/mol. The minimum absolute atomic E-state index is 0.0110. The van der Waals surface area contributed by atoms with E-state index in [9.17, 15) is 14.9 Å². The maximum absolute atomic E-state index is 12.6. The van der Waals surface area contributed by atoms with Crippen LogP contribution >= 0.6 is 11.8 Å². The van der Waals surface area contributed by atoms with Gasteiger partial charge in [0, 0.05) is 33.8 Å². The molecule has 1 aliphatic heterocycles. The standard InChI is InChI=1S/C20H15N3O3S/c1-12-17(11-19-20(24)16-8-3-4-9-18(16)27-19)13(2)22(21-12)14-6-5-7-15(10-14)23(25)26/h3-11H,1-2H3/b19-11-. The Morgan fingerprint density at radius 3 is 2.67 bits per heavy atom. The van der Waals surface area contributed by atoms with Crippen LogP contribution in [0.5, 0.6) is 0 Å². The van der Waals surface area contributed by atoms with Crippen molar-refractivity contribution in [1.82, 2.24) is 9.78 Å². The maximum Gasteiger partial charge on any atom is 0.271 e. The molecule has 0 saturated carbocycles. The Morgan fingerprint density at radius 1 is 1.15 bits per heavy atom. The van der Waals surface area contributed by atoms with E-state index in [0.717, 1.165) is 27.4 Å². The molecule has 7 heteroatoms. The van der Waals surface area contributed by atoms with E-state index in [-0.39, 0.29) is 11.5 Å². The molecule has 6 nitrogen and oxygen atoms in total. The number of hydrogen-bond acceptors (Lipinski definition) is 5. The number of benzene rings is 2. The van der Waals surface area contributed by atoms with Crippen molar-refractivity contribution in [1.29, 1.82) is 0 Å². The van der Waals surface area contributed by atoms with E-state index in [2.05, 4.69) is 5.10 Å². The molecular weight excluding hydrogens is 362 g/mol. The maximum atomic E-state index is 12.6. The van der Waals surface area contributed by atoms with Crippen molar-refractivity contribution in [2.24, 2.45) is 0 Å². The van der Waals surface area contributed by atoms with Gasteiger partial charge in [0.15, 0.2) is 0 Å². The van der Waals surface area contributed by atoms with Gasteiger partial charge in [-0.25, -0.2) is 4.68 Å². The number of nitrogens with zero attached hydrogens (tertiary/aromatic N) is 3. The van der Waals surface area contributed by atoms with E-state index >= 15 is 0 Å². The van der Waals surface area contributed by atoms with Crippen LogP contribution in [0.4, 0.5) is 5.69 Å². The van der Waals surface area contributed by atoms with Crippen LogP contribution in [0.2, 0.25) is 0 Å². The summed E-state index contributed by atoms with van der Waals surface area (Å²) in [4.78, 5) is 24.9. The summed E-state index contributed by atoms with van der Waals surface area (Å²) >= 11 is 1.45. The number of Topliss-reactive ketones (excluding diaryl/α,β-unsaturated/α-hetero) is 1. The van der Waals surface area contributed by atoms with Crippen LogP contribution < -0.4 is 0 Å². The SMILES string of the molecule is Cc1nn(-c2cccc([N+](=O)[O-])c2)c(C)c1/C=C1\Sc2ccccc2C1=O. The summed E-state index contributed by atoms with van der Waals surface area (Å²) in [5.41, 5.74) is 3.78. The number of nitro groups is 1. The third kappa shape index (κ3) is 2.96. The zero-order chi connectivity index (χ0) is 19.1. The smallest absolute Gasteiger partial charge is 0.271 e. The van der Waals surface area contributed by atoms with Crippen molar-refractivity contribution >= 4 is 29.3 Å². The average molecular weight is 377 g/mol. The Morgan fingerprint density at radius 2 is 1.93 bits per heavy atom. The molecule has 134 valence electrons. The molecule has 0 saturated heterocycles. The Bertz CT molecular complexity index is 1130. The predicted molar refractivity (Wildman–Crippen MR) is 104 cm³/mol. The second-order valence-electron chi connectivity index (χ2n) is 6.21. The number of ketones is 1. The minimum atomic E-state index is -0.427. The van der Waals surface area contributed by atoms with Gasteiger partial charge in [-0.05, 0) is 38.1 Å². The van der Waals surface area contributed by atoms with Crippen molar-refractivity contribution in [3.8, 4) is 5.69 Å². The number of aromatic nitrogens is 2. The quantitative estimate of drug-likeness (QED) is 0.375. The van der Waals surface area contributed by atoms with Crippen LogP contribution in [-0.2, 0) is 0 Å². The van der Waals surface area contributed by atoms with Crippen molar-refractivity contribution in [2.45, 2.75) is 18.7 Å². The van der Waals surface area contributed by atoms with Crippen LogP contribution in [-0.4, -0.2) is 20.5 Å². The summed E-state index contributed by atoms with van der Waals surface area (Å²) in [6, 6.07) is 13.9. The first-order valence-electron chi connectivity index (χ1n) is 8.30. The Hall–Kier alpha value is -3.19. The number of hydrogen-bond donors (Lipinski definition) is 0. The number of aryl methyl sites for hydroxylation is 1. The lowest BCUT2D eigenvalue weighted by Crippen LogP contribution is -2.00. The largest absolute Gasteiger partial charge is 0.288 e. The number of non-ortho nitro benzene ring substituents is 1. The first kappa shape index (κ1) is 17.2. The summed E-state index contributed by atoms with van der Waals surface area (Å²) in [5.74, 6) is 0.0116. The van der Waals surface area contributed by atoms with Crippen molar-refractivity contribution in [3.05, 3.63) is 86.1 Å². The first-order valence-corrected chi connectivity index (χ1v) is 9.11. The number of thioether (sulfide) groups is 1. The summed E-state index contributed by atoms with van der Waals surface area (Å²) in [6.07, 6.45) is 1.86. The molecule has 0 fully saturated rings. The van der Waals surface area contributed by atoms with Gasteiger partial charge in [0.25, 0.3) is 5.69 Å². The molecular formula is C20H15N3O3S. The first-order chi connectivity index (χ1) is 13.0. The van der Waals surface area contributed by atoms with Crippen molar-refractivity contribution < 1.29 is 9.72 Å². The van der Waals surface area contributed by atoms with Crippen molar-refractivity contribution in [3.63, 3.8) is 0 Å². The lowest BCUT2D eigenvalue weighted by Gasteiger charge is -2.04. The fraction of sp³-hybridized carbons (Fsp3) is 0.100. The summed E-state index contributed by atoms with van der Waals surface area (Å²) in [5, 5.41) is 15.6. The van der Waals surface area contributed by atoms with E-state index in [1.165, 1.54) is 23.9 Å². The number of rotatable bonds is 3. The molecule has 0 unspecified atom stereocenters. The number of fused-ring (bicyclic) bond motifs is 1. The highest BCUT2D eigenvalue weighted by molar-refractivity contribution is 8.04. The Balaban J connectivity index is 1.76. The third-order valence-electron chi connectivity index (χ3n) is 4.48. The fourth-order valence-electron chi connectivity index (χ4n) is 3.12. The topological polar surface area (TPSA) is 78.0 Å². The average Bonchev–Trinajstić information content (AvgIpc) is 3.13. The van der Waals surface area contributed by atoms with Gasteiger partial charge >= 0.3 is 0 Å². The van der Waals surface area contributed by atoms with Crippen molar-refractivity contribution in [2.75, 3.05) is 0 Å². The number of carbonyl (C=O) groups is 1. The van der Waals surface area contributed by atoms with Gasteiger partial charge in [-0.1, -0.05) is 30.0 Å². The van der Waals surface area contributed by atoms with Gasteiger partial charge in [-0.15, -0.1) is 0 Å². The van der Waals surface area contributed by atoms with E-state index in [0.29, 0.717) is 10.6 Å². The summed E-state index contributed by atoms with van der Waals surface area (Å²) in [6.45, 7) is 3.76. The zero-order valence-electron chi connectivity index (χ0n) is 14.7. The molecule has 27 heavy (non-hydrogen) atoms. The highest BCUT2D eigenvalue weighted by Crippen LogP contribution is 2.41. The van der Waals surface area contributed by atoms with E-state index in [4.69, 9.17) is 0 Å². The zero-order valence-corrected chi connectivity index (χ0v) is 15.5. The number of allylic oxidation sites excluding steroid dienone is 1. The molecule has 0 radical (unpaired) electrons. The molecule has 1 aliphatic rings. The second-order valence-corrected chi connectivity index (χ2v) is 7.29. The highest BCUT2D eigenvalue weighted by Gasteiger charge is 2.26. The molecule has 0 N–H and O–H groups in total. The second kappa shape index (κ2) is 6.51. The number of carbonyl (C=O) groups excluding carboxylic acids is 1. The van der Waals surface area contributed by atoms with E-state index in [1.807, 2.05) is 44.2 Å². The molecule has 4 rings (SSSR count). The lowest BCUT2D eigenvalue weighted by atomic mass is 10.1. The molecule has 2 heterocycles. The minimum Gasteiger partial charge on any atom is -0.288 e. The van der Waals surface area contributed by atoms with Gasteiger partial charge in [-0.2, -0.15) is 5.10 Å². The van der Waals surface area contributed by atoms with Crippen LogP contribution in [0.1, 0.15) is 27.3 Å². The van der Waals surface area contributed by atoms with E-state index < -0.39 is 4.92 Å². The van der Waals surface area contributed by atoms with Crippen LogP contribution in [0.25, 0.3) is 11.8 Å². The van der Waals surface area contributed by atoms with E-state index in [1.54, 1.807) is 16.8 Å². The van der Waals surface area contributed by atoms with Crippen LogP contribution in [0.15, 0.2) is 58.3 Å². The lowest BCUT2D eigenvalue weighted by molar-refractivity contribution is -0.384. The van der Waals surface area contributed by atoms with Gasteiger partial charge in [0.2, 0.25) is 5.78 Å². The molecule has 0 spiro atoms. The van der Waals surface area contributed by atoms with Gasteiger partial charge < -0.3 is 0 Å². The van der Waals surface area contributed by atoms with Crippen LogP contribution in [0, 0.1) is 24.0 Å². The molecule has 2 aromatic carbocycles. The number of nitro benzene ring substituents is 1.